The topological polar surface area (TPSA) is 106 Å². The Morgan fingerprint density at radius 3 is 2.67 bits per heavy atom. The van der Waals surface area contributed by atoms with Crippen LogP contribution >= 0.6 is 11.6 Å². The van der Waals surface area contributed by atoms with Crippen molar-refractivity contribution >= 4 is 33.1 Å². The third-order valence-corrected chi connectivity index (χ3v) is 5.73. The summed E-state index contributed by atoms with van der Waals surface area (Å²) >= 11 is 6.17. The Bertz CT molecular complexity index is 847. The fourth-order valence-electron chi connectivity index (χ4n) is 3.00. The molecule has 0 saturated carbocycles. The summed E-state index contributed by atoms with van der Waals surface area (Å²) in [4.78, 5) is 6.44. The Balaban J connectivity index is 1.86. The summed E-state index contributed by atoms with van der Waals surface area (Å²) < 4.78 is 31.1. The van der Waals surface area contributed by atoms with Gasteiger partial charge < -0.3 is 9.64 Å². The van der Waals surface area contributed by atoms with Gasteiger partial charge in [0.15, 0.2) is 17.1 Å². The molecule has 0 radical (unpaired) electrons. The maximum absolute atomic E-state index is 11.5. The Morgan fingerprint density at radius 2 is 2.08 bits per heavy atom. The predicted octanol–water partition coefficient (Wildman–Crippen LogP) is 0.495. The van der Waals surface area contributed by atoms with E-state index in [1.807, 2.05) is 0 Å². The lowest BCUT2D eigenvalue weighted by Crippen LogP contribution is -2.47. The minimum atomic E-state index is -3.68. The lowest BCUT2D eigenvalue weighted by molar-refractivity contribution is 0.312. The van der Waals surface area contributed by atoms with Crippen LogP contribution in [0.15, 0.2) is 12.4 Å². The maximum Gasteiger partial charge on any atom is 0.276 e. The molecule has 1 saturated heterocycles. The van der Waals surface area contributed by atoms with Crippen molar-refractivity contribution in [2.45, 2.75) is 18.9 Å². The van der Waals surface area contributed by atoms with Crippen LogP contribution in [0.3, 0.4) is 0 Å². The van der Waals surface area contributed by atoms with Crippen molar-refractivity contribution in [2.24, 2.45) is 5.14 Å². The predicted molar refractivity (Wildman–Crippen MR) is 90.7 cm³/mol. The molecule has 1 fully saturated rings. The molecule has 2 aromatic rings. The zero-order chi connectivity index (χ0) is 17.5. The minimum absolute atomic E-state index is 0.119. The standard InChI is InChI=1S/C13H19ClN6O3S/c1-18(24(15,21)22)9-3-5-19(6-4-9)13-12-10(23-2)7-11(14)20(12)17-8-16-13/h7-9H,3-6H2,1-2H3,(H2,15,21,22). The van der Waals surface area contributed by atoms with Gasteiger partial charge in [0.2, 0.25) is 0 Å². The number of rotatable bonds is 4. The van der Waals surface area contributed by atoms with E-state index in [0.717, 1.165) is 0 Å². The molecule has 11 heteroatoms. The van der Waals surface area contributed by atoms with Gasteiger partial charge in [-0.25, -0.2) is 14.6 Å². The van der Waals surface area contributed by atoms with Gasteiger partial charge >= 0.3 is 0 Å². The van der Waals surface area contributed by atoms with Crippen molar-refractivity contribution in [1.29, 1.82) is 0 Å². The van der Waals surface area contributed by atoms with Gasteiger partial charge in [0.25, 0.3) is 10.2 Å². The van der Waals surface area contributed by atoms with Crippen LogP contribution in [0.25, 0.3) is 5.52 Å². The van der Waals surface area contributed by atoms with Crippen LogP contribution in [-0.2, 0) is 10.2 Å². The highest BCUT2D eigenvalue weighted by atomic mass is 35.5. The summed E-state index contributed by atoms with van der Waals surface area (Å²) in [5, 5.41) is 9.78. The molecule has 132 valence electrons. The molecule has 9 nitrogen and oxygen atoms in total. The first-order valence-corrected chi connectivity index (χ1v) is 9.28. The van der Waals surface area contributed by atoms with Crippen LogP contribution < -0.4 is 14.8 Å². The number of hydrogen-bond donors (Lipinski definition) is 1. The van der Waals surface area contributed by atoms with E-state index < -0.39 is 10.2 Å². The summed E-state index contributed by atoms with van der Waals surface area (Å²) in [6.07, 6.45) is 2.75. The molecule has 0 unspecified atom stereocenters. The molecule has 3 rings (SSSR count). The van der Waals surface area contributed by atoms with E-state index in [1.54, 1.807) is 17.7 Å². The Kier molecular flexibility index (Phi) is 4.56. The van der Waals surface area contributed by atoms with E-state index in [4.69, 9.17) is 21.5 Å². The summed E-state index contributed by atoms with van der Waals surface area (Å²) in [7, 11) is -0.605. The monoisotopic (exact) mass is 374 g/mol. The fraction of sp³-hybridized carbons (Fsp3) is 0.538. The number of nitrogens with zero attached hydrogens (tertiary/aromatic N) is 5. The smallest absolute Gasteiger partial charge is 0.276 e. The van der Waals surface area contributed by atoms with Gasteiger partial charge in [-0.15, -0.1) is 0 Å². The average Bonchev–Trinajstić information content (AvgIpc) is 2.90. The van der Waals surface area contributed by atoms with Gasteiger partial charge in [0, 0.05) is 32.2 Å². The third kappa shape index (κ3) is 3.02. The quantitative estimate of drug-likeness (QED) is 0.835. The molecule has 0 aromatic carbocycles. The van der Waals surface area contributed by atoms with Crippen LogP contribution in [0.1, 0.15) is 12.8 Å². The number of aromatic nitrogens is 3. The molecule has 24 heavy (non-hydrogen) atoms. The normalized spacial score (nSPS) is 17.0. The number of hydrogen-bond acceptors (Lipinski definition) is 6. The average molecular weight is 375 g/mol. The number of fused-ring (bicyclic) bond motifs is 1. The highest BCUT2D eigenvalue weighted by Crippen LogP contribution is 2.34. The zero-order valence-electron chi connectivity index (χ0n) is 13.4. The van der Waals surface area contributed by atoms with Crippen molar-refractivity contribution in [1.82, 2.24) is 18.9 Å². The molecule has 2 N–H and O–H groups in total. The van der Waals surface area contributed by atoms with Gasteiger partial charge in [0.05, 0.1) is 7.11 Å². The number of piperidine rings is 1. The molecule has 3 heterocycles. The first-order chi connectivity index (χ1) is 11.3. The molecule has 0 spiro atoms. The first-order valence-electron chi connectivity index (χ1n) is 7.40. The lowest BCUT2D eigenvalue weighted by Gasteiger charge is -2.36. The highest BCUT2D eigenvalue weighted by Gasteiger charge is 2.29. The molecular weight excluding hydrogens is 356 g/mol. The molecule has 0 aliphatic carbocycles. The summed E-state index contributed by atoms with van der Waals surface area (Å²) in [5.74, 6) is 1.31. The molecule has 0 bridgehead atoms. The number of halogens is 1. The Hall–Kier alpha value is -1.62. The van der Waals surface area contributed by atoms with Gasteiger partial charge in [-0.05, 0) is 12.8 Å². The summed E-state index contributed by atoms with van der Waals surface area (Å²) in [5.41, 5.74) is 0.697. The van der Waals surface area contributed by atoms with E-state index in [9.17, 15) is 8.42 Å². The van der Waals surface area contributed by atoms with E-state index in [0.29, 0.717) is 48.2 Å². The Labute approximate surface area is 145 Å². The van der Waals surface area contributed by atoms with Crippen LogP contribution in [-0.4, -0.2) is 60.6 Å². The van der Waals surface area contributed by atoms with Gasteiger partial charge in [-0.3, -0.25) is 0 Å². The van der Waals surface area contributed by atoms with Crippen LogP contribution in [0, 0.1) is 0 Å². The maximum atomic E-state index is 11.5. The highest BCUT2D eigenvalue weighted by molar-refractivity contribution is 7.86. The second-order valence-corrected chi connectivity index (χ2v) is 7.65. The number of anilines is 1. The van der Waals surface area contributed by atoms with Crippen molar-refractivity contribution in [3.8, 4) is 5.75 Å². The molecule has 1 aliphatic rings. The van der Waals surface area contributed by atoms with Crippen LogP contribution in [0.4, 0.5) is 5.82 Å². The van der Waals surface area contributed by atoms with Gasteiger partial charge in [-0.1, -0.05) is 11.6 Å². The second kappa shape index (κ2) is 6.36. The molecule has 0 atom stereocenters. The minimum Gasteiger partial charge on any atom is -0.494 e. The number of ether oxygens (including phenoxy) is 1. The summed E-state index contributed by atoms with van der Waals surface area (Å²) in [6, 6.07) is 1.57. The van der Waals surface area contributed by atoms with Crippen molar-refractivity contribution in [3.05, 3.63) is 17.5 Å². The molecule has 1 aliphatic heterocycles. The van der Waals surface area contributed by atoms with E-state index >= 15 is 0 Å². The SMILES string of the molecule is COc1cc(Cl)n2ncnc(N3CCC(N(C)S(N)(=O)=O)CC3)c12. The molecular formula is C13H19ClN6O3S. The van der Waals surface area contributed by atoms with Crippen LogP contribution in [0.5, 0.6) is 5.75 Å². The zero-order valence-corrected chi connectivity index (χ0v) is 15.0. The third-order valence-electron chi connectivity index (χ3n) is 4.36. The lowest BCUT2D eigenvalue weighted by atomic mass is 10.1. The van der Waals surface area contributed by atoms with Crippen LogP contribution in [0.2, 0.25) is 5.15 Å². The van der Waals surface area contributed by atoms with Crippen molar-refractivity contribution in [2.75, 3.05) is 32.1 Å². The first kappa shape index (κ1) is 17.2. The van der Waals surface area contributed by atoms with E-state index in [2.05, 4.69) is 15.0 Å². The number of methoxy groups -OCH3 is 1. The Morgan fingerprint density at radius 1 is 1.42 bits per heavy atom. The van der Waals surface area contributed by atoms with E-state index in [-0.39, 0.29) is 6.04 Å². The van der Waals surface area contributed by atoms with Gasteiger partial charge in [0.1, 0.15) is 11.5 Å². The van der Waals surface area contributed by atoms with Crippen molar-refractivity contribution in [3.63, 3.8) is 0 Å². The number of nitrogens with two attached hydrogens (primary N) is 1. The summed E-state index contributed by atoms with van der Waals surface area (Å²) in [6.45, 7) is 1.28. The largest absolute Gasteiger partial charge is 0.494 e. The second-order valence-electron chi connectivity index (χ2n) is 5.66. The fourth-order valence-corrected chi connectivity index (χ4v) is 3.85. The van der Waals surface area contributed by atoms with E-state index in [1.165, 1.54) is 17.7 Å². The van der Waals surface area contributed by atoms with Gasteiger partial charge in [-0.2, -0.15) is 17.8 Å². The molecule has 0 amide bonds. The molecule has 2 aromatic heterocycles. The van der Waals surface area contributed by atoms with Crippen molar-refractivity contribution < 1.29 is 13.2 Å².